The summed E-state index contributed by atoms with van der Waals surface area (Å²) in [5, 5.41) is 8.92. The van der Waals surface area contributed by atoms with Gasteiger partial charge in [-0.25, -0.2) is 18.4 Å². The van der Waals surface area contributed by atoms with Crippen LogP contribution in [0.15, 0.2) is 77.7 Å². The number of fused-ring (bicyclic) bond motifs is 3. The Bertz CT molecular complexity index is 2750. The van der Waals surface area contributed by atoms with Crippen LogP contribution in [0.3, 0.4) is 0 Å². The van der Waals surface area contributed by atoms with Gasteiger partial charge in [-0.2, -0.15) is 0 Å². The number of hydrogen-bond acceptors (Lipinski definition) is 11. The molecule has 4 heterocycles. The standard InChI is InChI=1S/C52H62N6O8S2/c1-31(2)42-30-67-49(55-42)41-27-45(39-24-25-44(65-4)32(3)46(39)53-41)66-37-26-43-48(60)56-52(51(62)57-68(63,64)38-22-23-38)28-36(52)18-11-6-5-7-12-19-40(50(61)58(43)29-37)54-47(59)35-17-13-16-34(20-21-35)33-14-9-8-10-15-33/h8-11,14-15,17-18,24-25,27,30-31,34,36-38,40,43H,5-7,12-13,16,19-23,26,28-29H2,1-4H3,(H,54,59)(H,56,60)(H,57,62)/b18-11-/t34?,36?,37-,40+,43+,52?/m1/s1. The largest absolute Gasteiger partial charge is 0.496 e. The van der Waals surface area contributed by atoms with Crippen LogP contribution in [0, 0.1) is 12.8 Å². The van der Waals surface area contributed by atoms with E-state index in [1.54, 1.807) is 7.11 Å². The summed E-state index contributed by atoms with van der Waals surface area (Å²) in [4.78, 5) is 69.8. The zero-order chi connectivity index (χ0) is 47.7. The Morgan fingerprint density at radius 3 is 2.53 bits per heavy atom. The molecule has 2 aromatic carbocycles. The number of carbonyl (C=O) groups is 4. The Labute approximate surface area is 402 Å². The molecule has 1 saturated heterocycles. The van der Waals surface area contributed by atoms with Crippen molar-refractivity contribution in [3.8, 4) is 22.2 Å². The van der Waals surface area contributed by atoms with Crippen molar-refractivity contribution >= 4 is 55.9 Å². The van der Waals surface area contributed by atoms with E-state index in [2.05, 4.69) is 41.3 Å². The molecule has 3 fully saturated rings. The molecular formula is C52H62N6O8S2. The van der Waals surface area contributed by atoms with Gasteiger partial charge in [0, 0.05) is 40.3 Å². The van der Waals surface area contributed by atoms with Crippen molar-refractivity contribution in [3.63, 3.8) is 0 Å². The SMILES string of the molecule is COc1ccc2c(O[C@@H]3C[C@H]4C(=O)NC5(C(=O)NS(=O)(=O)C6CC6)CC5/C=C\CCCCC[C@H](NC(=O)C5=CCCC(c6ccccc6)CC5)C(=O)N4C3)cc(-c3nc(C(C)C)cs3)nc2c1C. The molecule has 6 atom stereocenters. The van der Waals surface area contributed by atoms with Crippen molar-refractivity contribution in [2.24, 2.45) is 5.92 Å². The zero-order valence-electron chi connectivity index (χ0n) is 39.3. The number of thiazole rings is 1. The second-order valence-electron chi connectivity index (χ2n) is 19.5. The van der Waals surface area contributed by atoms with Gasteiger partial charge >= 0.3 is 0 Å². The number of hydrogen-bond donors (Lipinski definition) is 3. The quantitative estimate of drug-likeness (QED) is 0.125. The minimum atomic E-state index is -3.92. The van der Waals surface area contributed by atoms with E-state index in [-0.39, 0.29) is 31.2 Å². The molecule has 2 saturated carbocycles. The number of carbonyl (C=O) groups excluding carboxylic acids is 4. The molecule has 4 aromatic rings. The smallest absolute Gasteiger partial charge is 0.259 e. The maximum atomic E-state index is 15.2. The van der Waals surface area contributed by atoms with Crippen LogP contribution in [0.4, 0.5) is 0 Å². The van der Waals surface area contributed by atoms with Crippen LogP contribution in [0.5, 0.6) is 11.5 Å². The number of allylic oxidation sites excluding steroid dienone is 2. The van der Waals surface area contributed by atoms with E-state index in [1.165, 1.54) is 21.8 Å². The number of nitrogens with zero attached hydrogens (tertiary/aromatic N) is 3. The molecule has 14 nitrogen and oxygen atoms in total. The van der Waals surface area contributed by atoms with E-state index in [0.717, 1.165) is 48.4 Å². The second-order valence-corrected chi connectivity index (χ2v) is 22.3. The van der Waals surface area contributed by atoms with Gasteiger partial charge in [0.15, 0.2) is 0 Å². The molecule has 2 aliphatic heterocycles. The monoisotopic (exact) mass is 962 g/mol. The first-order valence-electron chi connectivity index (χ1n) is 24.3. The van der Waals surface area contributed by atoms with Gasteiger partial charge in [0.05, 0.1) is 30.1 Å². The fourth-order valence-corrected chi connectivity index (χ4v) is 12.4. The van der Waals surface area contributed by atoms with Crippen LogP contribution in [0.2, 0.25) is 0 Å². The first-order chi connectivity index (χ1) is 32.7. The summed E-state index contributed by atoms with van der Waals surface area (Å²) in [6.07, 6.45) is 12.7. The minimum Gasteiger partial charge on any atom is -0.496 e. The minimum absolute atomic E-state index is 0.00631. The Kier molecular flexibility index (Phi) is 13.8. The van der Waals surface area contributed by atoms with Crippen molar-refractivity contribution in [2.45, 2.75) is 145 Å². The predicted octanol–water partition coefficient (Wildman–Crippen LogP) is 7.92. The number of amides is 4. The Balaban J connectivity index is 1.04. The van der Waals surface area contributed by atoms with E-state index < -0.39 is 62.6 Å². The van der Waals surface area contributed by atoms with Crippen molar-refractivity contribution in [1.29, 1.82) is 0 Å². The molecule has 2 aromatic heterocycles. The Morgan fingerprint density at radius 2 is 1.78 bits per heavy atom. The maximum absolute atomic E-state index is 15.2. The lowest BCUT2D eigenvalue weighted by Gasteiger charge is -2.30. The summed E-state index contributed by atoms with van der Waals surface area (Å²) in [5.74, 6) is -0.835. The molecule has 3 unspecified atom stereocenters. The summed E-state index contributed by atoms with van der Waals surface area (Å²) in [6, 6.07) is 13.9. The maximum Gasteiger partial charge on any atom is 0.259 e. The summed E-state index contributed by atoms with van der Waals surface area (Å²) >= 11 is 1.49. The summed E-state index contributed by atoms with van der Waals surface area (Å²) in [5.41, 5.74) is 3.40. The lowest BCUT2D eigenvalue weighted by atomic mass is 9.91. The van der Waals surface area contributed by atoms with Gasteiger partial charge in [-0.1, -0.05) is 75.2 Å². The number of pyridine rings is 1. The fourth-order valence-electron chi connectivity index (χ4n) is 10.1. The third kappa shape index (κ3) is 10.1. The van der Waals surface area contributed by atoms with Gasteiger partial charge in [0.1, 0.15) is 45.9 Å². The van der Waals surface area contributed by atoms with Crippen molar-refractivity contribution in [1.82, 2.24) is 30.2 Å². The lowest BCUT2D eigenvalue weighted by molar-refractivity contribution is -0.142. The number of ether oxygens (including phenoxy) is 2. The van der Waals surface area contributed by atoms with Gasteiger partial charge in [-0.05, 0) is 101 Å². The number of methoxy groups -OCH3 is 1. The number of aryl methyl sites for hydroxylation is 1. The molecule has 9 rings (SSSR count). The van der Waals surface area contributed by atoms with E-state index in [1.807, 2.05) is 66.9 Å². The van der Waals surface area contributed by atoms with Gasteiger partial charge in [0.25, 0.3) is 5.91 Å². The summed E-state index contributed by atoms with van der Waals surface area (Å²) in [7, 11) is -2.31. The first-order valence-corrected chi connectivity index (χ1v) is 26.7. The number of aromatic nitrogens is 2. The Hall–Kier alpha value is -5.61. The third-order valence-electron chi connectivity index (χ3n) is 14.4. The molecule has 360 valence electrons. The van der Waals surface area contributed by atoms with E-state index in [9.17, 15) is 22.8 Å². The number of nitrogens with one attached hydrogen (secondary N) is 3. The van der Waals surface area contributed by atoms with Crippen molar-refractivity contribution < 1.29 is 37.1 Å². The molecule has 0 bridgehead atoms. The van der Waals surface area contributed by atoms with Crippen molar-refractivity contribution in [3.05, 3.63) is 94.5 Å². The molecule has 5 aliphatic rings. The van der Waals surface area contributed by atoms with Gasteiger partial charge < -0.3 is 25.0 Å². The highest BCUT2D eigenvalue weighted by Gasteiger charge is 2.62. The van der Waals surface area contributed by atoms with Crippen LogP contribution < -0.4 is 24.8 Å². The van der Waals surface area contributed by atoms with E-state index in [4.69, 9.17) is 19.4 Å². The average molecular weight is 963 g/mol. The van der Waals surface area contributed by atoms with E-state index >= 15 is 4.79 Å². The Morgan fingerprint density at radius 1 is 0.971 bits per heavy atom. The second kappa shape index (κ2) is 19.8. The summed E-state index contributed by atoms with van der Waals surface area (Å²) in [6.45, 7) is 6.11. The van der Waals surface area contributed by atoms with Crippen LogP contribution in [0.1, 0.15) is 126 Å². The fraction of sp³-hybridized carbons (Fsp3) is 0.500. The molecule has 16 heteroatoms. The average Bonchev–Trinajstić information content (AvgIpc) is 4.22. The molecular weight excluding hydrogens is 901 g/mol. The van der Waals surface area contributed by atoms with E-state index in [0.29, 0.717) is 78.1 Å². The highest BCUT2D eigenvalue weighted by Crippen LogP contribution is 2.46. The van der Waals surface area contributed by atoms with Crippen LogP contribution >= 0.6 is 11.3 Å². The third-order valence-corrected chi connectivity index (χ3v) is 17.1. The lowest BCUT2D eigenvalue weighted by Crippen LogP contribution is -2.58. The first kappa shape index (κ1) is 47.5. The highest BCUT2D eigenvalue weighted by atomic mass is 32.2. The van der Waals surface area contributed by atoms with Crippen molar-refractivity contribution in [2.75, 3.05) is 13.7 Å². The van der Waals surface area contributed by atoms with Gasteiger partial charge in [-0.15, -0.1) is 11.3 Å². The molecule has 0 radical (unpaired) electrons. The molecule has 68 heavy (non-hydrogen) atoms. The molecule has 3 N–H and O–H groups in total. The number of rotatable bonds is 11. The van der Waals surface area contributed by atoms with Crippen LogP contribution in [0.25, 0.3) is 21.6 Å². The highest BCUT2D eigenvalue weighted by molar-refractivity contribution is 7.91. The zero-order valence-corrected chi connectivity index (χ0v) is 40.9. The van der Waals surface area contributed by atoms with Crippen LogP contribution in [-0.4, -0.2) is 89.5 Å². The number of benzene rings is 2. The summed E-state index contributed by atoms with van der Waals surface area (Å²) < 4.78 is 41.0. The molecule has 3 aliphatic carbocycles. The normalized spacial score (nSPS) is 26.3. The predicted molar refractivity (Wildman–Crippen MR) is 262 cm³/mol. The van der Waals surface area contributed by atoms with Crippen LogP contribution in [-0.2, 0) is 29.2 Å². The van der Waals surface area contributed by atoms with Gasteiger partial charge in [-0.3, -0.25) is 23.9 Å². The number of sulfonamides is 1. The molecule has 0 spiro atoms. The molecule has 4 amide bonds. The topological polar surface area (TPSA) is 186 Å². The van der Waals surface area contributed by atoms with Gasteiger partial charge in [0.2, 0.25) is 27.7 Å².